The molecule has 1 aliphatic rings. The fourth-order valence-corrected chi connectivity index (χ4v) is 3.83. The summed E-state index contributed by atoms with van der Waals surface area (Å²) < 4.78 is 31.7. The Labute approximate surface area is 139 Å². The highest BCUT2D eigenvalue weighted by molar-refractivity contribution is 7.88. The van der Waals surface area contributed by atoms with Gasteiger partial charge in [0.2, 0.25) is 10.0 Å². The third-order valence-electron chi connectivity index (χ3n) is 4.47. The van der Waals surface area contributed by atoms with Gasteiger partial charge in [-0.3, -0.25) is 4.68 Å². The number of hydrogen-bond donors (Lipinski definition) is 0. The lowest BCUT2D eigenvalue weighted by molar-refractivity contribution is 0.139. The summed E-state index contributed by atoms with van der Waals surface area (Å²) in [5, 5.41) is 8.55. The molecule has 8 heteroatoms. The Balaban J connectivity index is 1.93. The van der Waals surface area contributed by atoms with E-state index in [1.807, 2.05) is 10.9 Å². The number of sulfonamides is 1. The number of rotatable bonds is 7. The first-order chi connectivity index (χ1) is 10.7. The summed E-state index contributed by atoms with van der Waals surface area (Å²) in [6, 6.07) is 0. The average Bonchev–Trinajstić information content (AvgIpc) is 2.92. The summed E-state index contributed by atoms with van der Waals surface area (Å²) in [6.07, 6.45) is 5.85. The van der Waals surface area contributed by atoms with Crippen molar-refractivity contribution < 1.29 is 13.2 Å². The van der Waals surface area contributed by atoms with E-state index in [-0.39, 0.29) is 5.41 Å². The first-order valence-electron chi connectivity index (χ1n) is 8.05. The van der Waals surface area contributed by atoms with Crippen molar-refractivity contribution in [3.63, 3.8) is 0 Å². The molecule has 0 atom stereocenters. The van der Waals surface area contributed by atoms with E-state index in [2.05, 4.69) is 24.2 Å². The number of nitrogens with zero attached hydrogens (tertiary/aromatic N) is 4. The zero-order valence-corrected chi connectivity index (χ0v) is 15.3. The lowest BCUT2D eigenvalue weighted by Crippen LogP contribution is -2.37. The Kier molecular flexibility index (Phi) is 5.80. The van der Waals surface area contributed by atoms with Crippen LogP contribution in [0.3, 0.4) is 0 Å². The molecule has 1 aliphatic heterocycles. The van der Waals surface area contributed by atoms with Gasteiger partial charge in [-0.2, -0.15) is 0 Å². The summed E-state index contributed by atoms with van der Waals surface area (Å²) in [6.45, 7) is 7.05. The topological polar surface area (TPSA) is 77.3 Å². The molecule has 0 unspecified atom stereocenters. The van der Waals surface area contributed by atoms with Crippen molar-refractivity contribution in [1.82, 2.24) is 19.3 Å². The van der Waals surface area contributed by atoms with Crippen LogP contribution < -0.4 is 0 Å². The minimum Gasteiger partial charge on any atom is -0.385 e. The molecule has 7 nitrogen and oxygen atoms in total. The number of hydrogen-bond acceptors (Lipinski definition) is 5. The first-order valence-corrected chi connectivity index (χ1v) is 9.90. The van der Waals surface area contributed by atoms with Crippen molar-refractivity contribution in [3.05, 3.63) is 11.9 Å². The Morgan fingerprint density at radius 2 is 2.00 bits per heavy atom. The van der Waals surface area contributed by atoms with Crippen molar-refractivity contribution in [2.45, 2.75) is 45.6 Å². The molecule has 1 aromatic rings. The number of aromatic nitrogens is 3. The molecule has 132 valence electrons. The van der Waals surface area contributed by atoms with Gasteiger partial charge in [-0.1, -0.05) is 19.1 Å². The van der Waals surface area contributed by atoms with Gasteiger partial charge in [-0.05, 0) is 24.7 Å². The van der Waals surface area contributed by atoms with E-state index < -0.39 is 10.0 Å². The molecule has 0 aromatic carbocycles. The third kappa shape index (κ3) is 5.26. The van der Waals surface area contributed by atoms with Crippen LogP contribution in [-0.2, 0) is 21.3 Å². The maximum Gasteiger partial charge on any atom is 0.211 e. The van der Waals surface area contributed by atoms with E-state index in [1.54, 1.807) is 11.4 Å². The molecule has 2 rings (SSSR count). The van der Waals surface area contributed by atoms with E-state index in [0.29, 0.717) is 19.0 Å². The molecule has 2 heterocycles. The molecule has 0 N–H and O–H groups in total. The van der Waals surface area contributed by atoms with Crippen LogP contribution in [0, 0.1) is 5.41 Å². The number of methoxy groups -OCH3 is 1. The van der Waals surface area contributed by atoms with Crippen LogP contribution in [0.1, 0.15) is 44.7 Å². The van der Waals surface area contributed by atoms with Crippen LogP contribution in [-0.4, -0.2) is 60.8 Å². The van der Waals surface area contributed by atoms with Crippen molar-refractivity contribution in [2.24, 2.45) is 5.41 Å². The highest BCUT2D eigenvalue weighted by Crippen LogP contribution is 2.28. The van der Waals surface area contributed by atoms with Crippen molar-refractivity contribution in [1.29, 1.82) is 0 Å². The average molecular weight is 344 g/mol. The molecule has 0 saturated carbocycles. The second-order valence-electron chi connectivity index (χ2n) is 7.18. The van der Waals surface area contributed by atoms with Gasteiger partial charge < -0.3 is 4.74 Å². The van der Waals surface area contributed by atoms with Gasteiger partial charge in [-0.15, -0.1) is 5.10 Å². The molecule has 1 saturated heterocycles. The lowest BCUT2D eigenvalue weighted by Gasteiger charge is -2.29. The third-order valence-corrected chi connectivity index (χ3v) is 5.77. The molecule has 0 amide bonds. The molecular formula is C15H28N4O3S. The molecule has 0 bridgehead atoms. The standard InChI is InChI=1S/C15H28N4O3S/c1-15(2,7-10-22-3)12-18-11-14(16-17-18)13-5-8-19(9-6-13)23(4,20)21/h11,13H,5-10,12H2,1-4H3. The minimum atomic E-state index is -3.08. The quantitative estimate of drug-likeness (QED) is 0.749. The lowest BCUT2D eigenvalue weighted by atomic mass is 9.90. The van der Waals surface area contributed by atoms with Crippen LogP contribution in [0.2, 0.25) is 0 Å². The number of piperidine rings is 1. The molecule has 1 aromatic heterocycles. The maximum atomic E-state index is 11.6. The van der Waals surface area contributed by atoms with Crippen LogP contribution in [0.25, 0.3) is 0 Å². The van der Waals surface area contributed by atoms with E-state index >= 15 is 0 Å². The molecular weight excluding hydrogens is 316 g/mol. The fourth-order valence-electron chi connectivity index (χ4n) is 2.96. The zero-order valence-electron chi connectivity index (χ0n) is 14.5. The van der Waals surface area contributed by atoms with Gasteiger partial charge in [0.25, 0.3) is 0 Å². The Morgan fingerprint density at radius 1 is 1.35 bits per heavy atom. The van der Waals surface area contributed by atoms with Gasteiger partial charge in [0, 0.05) is 45.5 Å². The van der Waals surface area contributed by atoms with Crippen LogP contribution in [0.4, 0.5) is 0 Å². The number of ether oxygens (including phenoxy) is 1. The van der Waals surface area contributed by atoms with Crippen LogP contribution in [0.15, 0.2) is 6.20 Å². The Bertz CT molecular complexity index is 604. The van der Waals surface area contributed by atoms with Crippen LogP contribution in [0.5, 0.6) is 0 Å². The van der Waals surface area contributed by atoms with E-state index in [1.165, 1.54) is 6.26 Å². The summed E-state index contributed by atoms with van der Waals surface area (Å²) >= 11 is 0. The summed E-state index contributed by atoms with van der Waals surface area (Å²) in [5.41, 5.74) is 1.07. The summed E-state index contributed by atoms with van der Waals surface area (Å²) in [5.74, 6) is 0.295. The second kappa shape index (κ2) is 7.27. The van der Waals surface area contributed by atoms with Crippen molar-refractivity contribution >= 4 is 10.0 Å². The minimum absolute atomic E-state index is 0.0979. The fraction of sp³-hybridized carbons (Fsp3) is 0.867. The Hall–Kier alpha value is -0.990. The Morgan fingerprint density at radius 3 is 2.57 bits per heavy atom. The van der Waals surface area contributed by atoms with Gasteiger partial charge in [0.05, 0.1) is 11.9 Å². The SMILES string of the molecule is COCCC(C)(C)Cn1cc(C2CCN(S(C)(=O)=O)CC2)nn1. The van der Waals surface area contributed by atoms with Crippen molar-refractivity contribution in [2.75, 3.05) is 33.1 Å². The van der Waals surface area contributed by atoms with Crippen LogP contribution >= 0.6 is 0 Å². The first kappa shape index (κ1) is 18.4. The predicted molar refractivity (Wildman–Crippen MR) is 88.7 cm³/mol. The zero-order chi connectivity index (χ0) is 17.1. The molecule has 0 spiro atoms. The maximum absolute atomic E-state index is 11.6. The highest BCUT2D eigenvalue weighted by atomic mass is 32.2. The van der Waals surface area contributed by atoms with Gasteiger partial charge in [-0.25, -0.2) is 12.7 Å². The normalized spacial score (nSPS) is 18.4. The summed E-state index contributed by atoms with van der Waals surface area (Å²) in [7, 11) is -1.36. The summed E-state index contributed by atoms with van der Waals surface area (Å²) in [4.78, 5) is 0. The second-order valence-corrected chi connectivity index (χ2v) is 9.17. The van der Waals surface area contributed by atoms with E-state index in [0.717, 1.165) is 38.1 Å². The van der Waals surface area contributed by atoms with Gasteiger partial charge in [0.1, 0.15) is 0 Å². The molecule has 0 radical (unpaired) electrons. The molecule has 1 fully saturated rings. The van der Waals surface area contributed by atoms with E-state index in [4.69, 9.17) is 4.74 Å². The highest BCUT2D eigenvalue weighted by Gasteiger charge is 2.28. The smallest absolute Gasteiger partial charge is 0.211 e. The largest absolute Gasteiger partial charge is 0.385 e. The molecule has 23 heavy (non-hydrogen) atoms. The van der Waals surface area contributed by atoms with Gasteiger partial charge in [0.15, 0.2) is 0 Å². The predicted octanol–water partition coefficient (Wildman–Crippen LogP) is 1.48. The van der Waals surface area contributed by atoms with Crippen molar-refractivity contribution in [3.8, 4) is 0 Å². The monoisotopic (exact) mass is 344 g/mol. The molecule has 0 aliphatic carbocycles. The van der Waals surface area contributed by atoms with Gasteiger partial charge >= 0.3 is 0 Å². The van der Waals surface area contributed by atoms with E-state index in [9.17, 15) is 8.42 Å².